The highest BCUT2D eigenvalue weighted by molar-refractivity contribution is 7.92. The first-order valence-electron chi connectivity index (χ1n) is 8.38. The average molecular weight is 367 g/mol. The molecule has 6 heteroatoms. The molecule has 0 aliphatic carbocycles. The Morgan fingerprint density at radius 1 is 0.962 bits per heavy atom. The predicted octanol–water partition coefficient (Wildman–Crippen LogP) is 4.50. The van der Waals surface area contributed by atoms with Gasteiger partial charge in [0.05, 0.1) is 16.8 Å². The molecular formula is C20H21N3O2S. The molecule has 2 aromatic carbocycles. The lowest BCUT2D eigenvalue weighted by molar-refractivity contribution is 0.601. The van der Waals surface area contributed by atoms with Crippen molar-refractivity contribution in [1.29, 1.82) is 0 Å². The van der Waals surface area contributed by atoms with Crippen LogP contribution in [0.4, 0.5) is 17.2 Å². The van der Waals surface area contributed by atoms with Crippen LogP contribution in [-0.2, 0) is 16.4 Å². The van der Waals surface area contributed by atoms with E-state index in [-0.39, 0.29) is 10.7 Å². The Balaban J connectivity index is 1.71. The topological polar surface area (TPSA) is 71.1 Å². The molecule has 1 aromatic heterocycles. The van der Waals surface area contributed by atoms with Crippen LogP contribution in [0.1, 0.15) is 18.1 Å². The van der Waals surface area contributed by atoms with Crippen molar-refractivity contribution < 1.29 is 8.42 Å². The second kappa shape index (κ2) is 7.58. The summed E-state index contributed by atoms with van der Waals surface area (Å²) in [7, 11) is -3.65. The largest absolute Gasteiger partial charge is 0.354 e. The van der Waals surface area contributed by atoms with E-state index in [1.54, 1.807) is 36.5 Å². The summed E-state index contributed by atoms with van der Waals surface area (Å²) >= 11 is 0. The van der Waals surface area contributed by atoms with E-state index in [2.05, 4.69) is 34.1 Å². The minimum Gasteiger partial charge on any atom is -0.354 e. The zero-order valence-electron chi connectivity index (χ0n) is 14.7. The minimum atomic E-state index is -3.65. The zero-order valence-corrected chi connectivity index (χ0v) is 15.5. The van der Waals surface area contributed by atoms with E-state index in [0.29, 0.717) is 0 Å². The number of nitrogens with one attached hydrogen (secondary N) is 2. The Labute approximate surface area is 154 Å². The van der Waals surface area contributed by atoms with Gasteiger partial charge in [0.2, 0.25) is 0 Å². The molecule has 0 unspecified atom stereocenters. The summed E-state index contributed by atoms with van der Waals surface area (Å²) in [4.78, 5) is 4.41. The fraction of sp³-hybridized carbons (Fsp3) is 0.150. The second-order valence-corrected chi connectivity index (χ2v) is 7.71. The van der Waals surface area contributed by atoms with Crippen LogP contribution < -0.4 is 10.0 Å². The lowest BCUT2D eigenvalue weighted by atomic mass is 10.1. The molecular weight excluding hydrogens is 346 g/mol. The van der Waals surface area contributed by atoms with Crippen LogP contribution >= 0.6 is 0 Å². The SMILES string of the molecule is CCc1ccc(Nc2ccc(NS(=O)(=O)c3cccc(C)c3)nc2)cc1. The van der Waals surface area contributed by atoms with Crippen molar-refractivity contribution in [3.05, 3.63) is 78.0 Å². The summed E-state index contributed by atoms with van der Waals surface area (Å²) in [5.74, 6) is 0.276. The molecule has 0 saturated carbocycles. The van der Waals surface area contributed by atoms with Crippen LogP contribution in [0.2, 0.25) is 0 Å². The maximum Gasteiger partial charge on any atom is 0.263 e. The fourth-order valence-corrected chi connectivity index (χ4v) is 3.61. The smallest absolute Gasteiger partial charge is 0.263 e. The standard InChI is InChI=1S/C20H21N3O2S/c1-3-16-7-9-17(10-8-16)22-18-11-12-20(21-14-18)23-26(24,25)19-6-4-5-15(2)13-19/h4-14,22H,3H2,1-2H3,(H,21,23). The zero-order chi connectivity index (χ0) is 18.6. The Bertz CT molecular complexity index is 982. The van der Waals surface area contributed by atoms with E-state index in [4.69, 9.17) is 0 Å². The van der Waals surface area contributed by atoms with Crippen LogP contribution in [0.5, 0.6) is 0 Å². The molecule has 0 amide bonds. The highest BCUT2D eigenvalue weighted by Gasteiger charge is 2.14. The Kier molecular flexibility index (Phi) is 5.23. The molecule has 2 N–H and O–H groups in total. The summed E-state index contributed by atoms with van der Waals surface area (Å²) in [6.07, 6.45) is 2.60. The molecule has 1 heterocycles. The van der Waals surface area contributed by atoms with Gasteiger partial charge >= 0.3 is 0 Å². The van der Waals surface area contributed by atoms with E-state index < -0.39 is 10.0 Å². The molecule has 0 atom stereocenters. The molecule has 3 rings (SSSR count). The highest BCUT2D eigenvalue weighted by atomic mass is 32.2. The van der Waals surface area contributed by atoms with Crippen LogP contribution in [0.3, 0.4) is 0 Å². The lowest BCUT2D eigenvalue weighted by Gasteiger charge is -2.10. The van der Waals surface area contributed by atoms with Gasteiger partial charge in [0, 0.05) is 5.69 Å². The van der Waals surface area contributed by atoms with Gasteiger partial charge < -0.3 is 5.32 Å². The number of benzene rings is 2. The van der Waals surface area contributed by atoms with Crippen LogP contribution in [-0.4, -0.2) is 13.4 Å². The van der Waals surface area contributed by atoms with Gasteiger partial charge in [-0.1, -0.05) is 31.2 Å². The molecule has 0 saturated heterocycles. The molecule has 5 nitrogen and oxygen atoms in total. The molecule has 0 spiro atoms. The number of hydrogen-bond donors (Lipinski definition) is 2. The molecule has 0 fully saturated rings. The van der Waals surface area contributed by atoms with Gasteiger partial charge in [-0.2, -0.15) is 0 Å². The first-order chi connectivity index (χ1) is 12.5. The number of hydrogen-bond acceptors (Lipinski definition) is 4. The Morgan fingerprint density at radius 3 is 2.31 bits per heavy atom. The second-order valence-electron chi connectivity index (χ2n) is 6.03. The number of pyridine rings is 1. The van der Waals surface area contributed by atoms with E-state index in [9.17, 15) is 8.42 Å². The van der Waals surface area contributed by atoms with Gasteiger partial charge in [0.1, 0.15) is 5.82 Å². The van der Waals surface area contributed by atoms with Crippen molar-refractivity contribution >= 4 is 27.2 Å². The van der Waals surface area contributed by atoms with E-state index in [1.807, 2.05) is 25.1 Å². The third kappa shape index (κ3) is 4.40. The molecule has 0 radical (unpaired) electrons. The first-order valence-corrected chi connectivity index (χ1v) is 9.86. The normalized spacial score (nSPS) is 11.2. The van der Waals surface area contributed by atoms with Crippen molar-refractivity contribution in [2.75, 3.05) is 10.0 Å². The van der Waals surface area contributed by atoms with Crippen molar-refractivity contribution in [2.24, 2.45) is 0 Å². The van der Waals surface area contributed by atoms with Gasteiger partial charge in [0.15, 0.2) is 0 Å². The molecule has 3 aromatic rings. The third-order valence-corrected chi connectivity index (χ3v) is 5.31. The fourth-order valence-electron chi connectivity index (χ4n) is 2.50. The van der Waals surface area contributed by atoms with Gasteiger partial charge in [0.25, 0.3) is 10.0 Å². The maximum atomic E-state index is 12.4. The Morgan fingerprint density at radius 2 is 1.69 bits per heavy atom. The number of aryl methyl sites for hydroxylation is 2. The quantitative estimate of drug-likeness (QED) is 0.673. The summed E-state index contributed by atoms with van der Waals surface area (Å²) < 4.78 is 27.3. The number of aromatic nitrogens is 1. The van der Waals surface area contributed by atoms with Crippen molar-refractivity contribution in [3.8, 4) is 0 Å². The number of rotatable bonds is 6. The minimum absolute atomic E-state index is 0.220. The van der Waals surface area contributed by atoms with Gasteiger partial charge in [-0.3, -0.25) is 4.72 Å². The lowest BCUT2D eigenvalue weighted by Crippen LogP contribution is -2.14. The van der Waals surface area contributed by atoms with Crippen molar-refractivity contribution in [1.82, 2.24) is 4.98 Å². The van der Waals surface area contributed by atoms with Crippen LogP contribution in [0.15, 0.2) is 71.8 Å². The third-order valence-electron chi connectivity index (χ3n) is 3.95. The summed E-state index contributed by atoms with van der Waals surface area (Å²) in [5, 5.41) is 3.24. The molecule has 0 bridgehead atoms. The molecule has 26 heavy (non-hydrogen) atoms. The number of nitrogens with zero attached hydrogens (tertiary/aromatic N) is 1. The Hall–Kier alpha value is -2.86. The summed E-state index contributed by atoms with van der Waals surface area (Å²) in [6.45, 7) is 3.97. The van der Waals surface area contributed by atoms with E-state index in [1.165, 1.54) is 5.56 Å². The van der Waals surface area contributed by atoms with Gasteiger partial charge in [-0.05, 0) is 60.9 Å². The molecule has 0 aliphatic rings. The number of sulfonamides is 1. The molecule has 134 valence electrons. The number of anilines is 3. The summed E-state index contributed by atoms with van der Waals surface area (Å²) in [6, 6.07) is 18.3. The summed E-state index contributed by atoms with van der Waals surface area (Å²) in [5.41, 5.74) is 3.90. The maximum absolute atomic E-state index is 12.4. The first kappa shape index (κ1) is 17.9. The van der Waals surface area contributed by atoms with Crippen LogP contribution in [0.25, 0.3) is 0 Å². The average Bonchev–Trinajstić information content (AvgIpc) is 2.64. The van der Waals surface area contributed by atoms with E-state index in [0.717, 1.165) is 23.4 Å². The van der Waals surface area contributed by atoms with Crippen LogP contribution in [0, 0.1) is 6.92 Å². The monoisotopic (exact) mass is 367 g/mol. The van der Waals surface area contributed by atoms with Gasteiger partial charge in [-0.15, -0.1) is 0 Å². The van der Waals surface area contributed by atoms with Gasteiger partial charge in [-0.25, -0.2) is 13.4 Å². The van der Waals surface area contributed by atoms with Crippen molar-refractivity contribution in [2.45, 2.75) is 25.2 Å². The van der Waals surface area contributed by atoms with Crippen molar-refractivity contribution in [3.63, 3.8) is 0 Å². The molecule has 0 aliphatic heterocycles. The van der Waals surface area contributed by atoms with E-state index >= 15 is 0 Å². The predicted molar refractivity (Wildman–Crippen MR) is 105 cm³/mol. The highest BCUT2D eigenvalue weighted by Crippen LogP contribution is 2.20.